The van der Waals surface area contributed by atoms with Gasteiger partial charge < -0.3 is 52.1 Å². The van der Waals surface area contributed by atoms with Gasteiger partial charge in [-0.25, -0.2) is 16.8 Å². The predicted molar refractivity (Wildman–Crippen MR) is 299 cm³/mol. The number of hydrogen-bond donors (Lipinski definition) is 4. The van der Waals surface area contributed by atoms with Gasteiger partial charge >= 0.3 is 103 Å². The number of nitriles is 1. The Bertz CT molecular complexity index is 2720. The quantitative estimate of drug-likeness (QED) is 0.0332. The van der Waals surface area contributed by atoms with Gasteiger partial charge in [-0.05, 0) is 112 Å². The van der Waals surface area contributed by atoms with Crippen LogP contribution >= 0.6 is 35.1 Å². The molecule has 0 saturated carbocycles. The Morgan fingerprint density at radius 2 is 1.13 bits per heavy atom. The summed E-state index contributed by atoms with van der Waals surface area (Å²) in [6.45, 7) is 14.2. The monoisotopic (exact) mass is 1270 g/mol. The first-order valence-corrected chi connectivity index (χ1v) is 31.1. The molecule has 4 aliphatic heterocycles. The second-order valence-electron chi connectivity index (χ2n) is 19.1. The van der Waals surface area contributed by atoms with Crippen molar-refractivity contribution in [2.45, 2.75) is 104 Å². The maximum Gasteiger partial charge on any atom is 1.00 e. The van der Waals surface area contributed by atoms with Crippen molar-refractivity contribution in [1.29, 1.82) is 5.26 Å². The van der Waals surface area contributed by atoms with Crippen LogP contribution in [0.4, 0.5) is 11.4 Å². The minimum atomic E-state index is -3.68. The largest absolute Gasteiger partial charge is 1.00 e. The molecule has 0 amide bonds. The summed E-state index contributed by atoms with van der Waals surface area (Å²) in [5, 5.41) is 43.3. The number of anilines is 2. The number of nitrogens with zero attached hydrogens (tertiary/aromatic N) is 5. The molecule has 434 valence electrons. The first-order chi connectivity index (χ1) is 35.8. The maximum absolute atomic E-state index is 13.2. The van der Waals surface area contributed by atoms with Crippen molar-refractivity contribution in [3.63, 3.8) is 0 Å². The molecule has 4 aromatic rings. The predicted octanol–water partition coefficient (Wildman–Crippen LogP) is -1.91. The molecule has 0 spiro atoms. The topological polar surface area (TPSA) is 295 Å². The first kappa shape index (κ1) is 76.4. The molecule has 79 heavy (non-hydrogen) atoms. The van der Waals surface area contributed by atoms with Gasteiger partial charge in [0.2, 0.25) is 0 Å². The molecule has 4 saturated heterocycles. The summed E-state index contributed by atoms with van der Waals surface area (Å²) in [5.74, 6) is 0. The van der Waals surface area contributed by atoms with Gasteiger partial charge in [0, 0.05) is 103 Å². The molecule has 0 aliphatic carbocycles. The van der Waals surface area contributed by atoms with E-state index in [0.29, 0.717) is 49.0 Å². The molecule has 2 aromatic heterocycles. The Kier molecular flexibility index (Phi) is 35.9. The minimum absolute atomic E-state index is 0. The third-order valence-corrected chi connectivity index (χ3v) is 19.6. The molecule has 0 radical (unpaired) electrons. The molecule has 21 nitrogen and oxygen atoms in total. The van der Waals surface area contributed by atoms with Gasteiger partial charge in [-0.1, -0.05) is 36.4 Å². The van der Waals surface area contributed by atoms with Crippen molar-refractivity contribution in [2.24, 2.45) is 5.73 Å². The number of benzene rings is 2. The van der Waals surface area contributed by atoms with Crippen LogP contribution in [0.5, 0.6) is 0 Å². The molecule has 0 bridgehead atoms. The van der Waals surface area contributed by atoms with Crippen LogP contribution in [0.25, 0.3) is 0 Å². The van der Waals surface area contributed by atoms with Crippen LogP contribution in [0.1, 0.15) is 72.9 Å². The van der Waals surface area contributed by atoms with Gasteiger partial charge in [0.25, 0.3) is 36.6 Å². The van der Waals surface area contributed by atoms with Crippen molar-refractivity contribution in [3.05, 3.63) is 94.7 Å². The summed E-state index contributed by atoms with van der Waals surface area (Å²) in [6, 6.07) is 24.0. The summed E-state index contributed by atoms with van der Waals surface area (Å²) in [4.78, 5) is 15.5. The molecule has 5 N–H and O–H groups in total. The van der Waals surface area contributed by atoms with Crippen LogP contribution in [0.3, 0.4) is 0 Å². The average molecular weight is 1270 g/mol. The molecular formula is C50H76ClK2N7O14S5. The molecule has 0 unspecified atom stereocenters. The maximum atomic E-state index is 13.2. The van der Waals surface area contributed by atoms with Gasteiger partial charge in [0.1, 0.15) is 8.42 Å². The van der Waals surface area contributed by atoms with Gasteiger partial charge in [-0.3, -0.25) is 8.98 Å². The van der Waals surface area contributed by atoms with Crippen LogP contribution in [-0.4, -0.2) is 160 Å². The summed E-state index contributed by atoms with van der Waals surface area (Å²) < 4.78 is 94.4. The molecule has 2 atom stereocenters. The molecule has 4 aliphatic rings. The van der Waals surface area contributed by atoms with E-state index in [1.54, 1.807) is 85.2 Å². The van der Waals surface area contributed by atoms with E-state index in [1.165, 1.54) is 22.6 Å². The minimum Gasteiger partial charge on any atom is -1.00 e. The second kappa shape index (κ2) is 37.1. The van der Waals surface area contributed by atoms with E-state index in [2.05, 4.69) is 15.1 Å². The van der Waals surface area contributed by atoms with Gasteiger partial charge in [0.15, 0.2) is 0 Å². The van der Waals surface area contributed by atoms with E-state index in [9.17, 15) is 35.5 Å². The number of carbonyl (C=O) groups is 1. The fourth-order valence-electron chi connectivity index (χ4n) is 8.41. The standard InChI is InChI=1S/C23H33N3O4S2.C19H26N2O6S3.C5H11NO.C2H3N.CH2O3.ClH.2K.H/c1-23(2,27)18-5-7-20(8-6-18)26-12-11-25(32(28,29)22-4-3-15-31-22)17-21(26)16-24-19-9-13-30-14-10-19;1-19(2,22)15-6-8-16(9-7-15)21-11-10-20(13-17(21)14-27-29(3,23)24)30(25,26)18-5-4-12-28-18;6-5-1-3-7-4-2-5;1-2-3;2-1-4-3;;;;/h3-8,15,19,21,24,27H,9-14,16-17H2,1-2H3;4-9,12,17,22H,10-11,13-14H2,1-3H3;5H,1-4,6H2;1H3;1,3H;1H;;;/q;;;;;;2*+1;-1/p-1/t21-;17-;;;;;;;/m01......./s1. The fraction of sp³-hybridized carbons (Fsp3) is 0.560. The summed E-state index contributed by atoms with van der Waals surface area (Å²) in [7, 11) is -10.8. The Hall–Kier alpha value is -0.587. The fourth-order valence-corrected chi connectivity index (χ4v) is 14.0. The number of rotatable bonds is 15. The zero-order valence-corrected chi connectivity index (χ0v) is 57.5. The van der Waals surface area contributed by atoms with Gasteiger partial charge in [-0.15, -0.1) is 35.1 Å². The summed E-state index contributed by atoms with van der Waals surface area (Å²) in [5.41, 5.74) is 7.13. The average Bonchev–Trinajstić information content (AvgIpc) is 4.16. The van der Waals surface area contributed by atoms with Crippen LogP contribution in [0.2, 0.25) is 0 Å². The summed E-state index contributed by atoms with van der Waals surface area (Å²) >= 11 is 2.41. The van der Waals surface area contributed by atoms with E-state index in [-0.39, 0.29) is 153 Å². The summed E-state index contributed by atoms with van der Waals surface area (Å²) in [6.07, 6.45) is 5.01. The van der Waals surface area contributed by atoms with E-state index >= 15 is 0 Å². The van der Waals surface area contributed by atoms with E-state index in [4.69, 9.17) is 34.7 Å². The Morgan fingerprint density at radius 1 is 0.747 bits per heavy atom. The molecule has 8 rings (SSSR count). The molecule has 4 fully saturated rings. The number of ether oxygens (including phenoxy) is 2. The van der Waals surface area contributed by atoms with Crippen molar-refractivity contribution >= 4 is 83.1 Å². The van der Waals surface area contributed by atoms with Crippen molar-refractivity contribution in [3.8, 4) is 6.07 Å². The molecule has 2 aromatic carbocycles. The molecular weight excluding hydrogens is 1200 g/mol. The normalized spacial score (nSPS) is 18.7. The van der Waals surface area contributed by atoms with Crippen molar-refractivity contribution < 1.29 is 168 Å². The first-order valence-electron chi connectivity index (χ1n) is 24.6. The SMILES string of the molecule is CC#N.CC(C)(O)c1ccc(N2CCN(S(=O)(=O)c3cccs3)C[C@@H]2CNC2CCOCC2)cc1.CC(C)(O)c1ccc(N2CCN(S(=O)(=O)c3cccs3)C[C@@H]2COS(C)(=O)=O)cc1.Cl.NC1CCOCC1.O=CO[O-].[H-].[K+].[K+]. The number of aliphatic hydroxyl groups is 2. The van der Waals surface area contributed by atoms with Crippen LogP contribution < -0.4 is 129 Å². The van der Waals surface area contributed by atoms with Gasteiger partial charge in [-0.2, -0.15) is 22.3 Å². The van der Waals surface area contributed by atoms with E-state index in [0.717, 1.165) is 92.2 Å². The smallest absolute Gasteiger partial charge is 1.00 e. The zero-order chi connectivity index (χ0) is 56.2. The van der Waals surface area contributed by atoms with Crippen molar-refractivity contribution in [1.82, 2.24) is 13.9 Å². The van der Waals surface area contributed by atoms with E-state index in [1.807, 2.05) is 41.3 Å². The molecule has 29 heteroatoms. The molecule has 6 heterocycles. The number of piperazine rings is 2. The number of carbonyl (C=O) groups excluding carboxylic acids is 1. The number of hydrogen-bond acceptors (Lipinski definition) is 21. The van der Waals surface area contributed by atoms with Crippen LogP contribution in [0.15, 0.2) is 92.0 Å². The van der Waals surface area contributed by atoms with Gasteiger partial charge in [0.05, 0.1) is 42.2 Å². The Morgan fingerprint density at radius 3 is 1.46 bits per heavy atom. The van der Waals surface area contributed by atoms with Crippen LogP contribution in [0, 0.1) is 11.3 Å². The number of thiophene rings is 2. The number of nitrogens with one attached hydrogen (secondary N) is 1. The number of halogens is 1. The van der Waals surface area contributed by atoms with Crippen molar-refractivity contribution in [2.75, 3.05) is 94.9 Å². The third kappa shape index (κ3) is 25.5. The zero-order valence-electron chi connectivity index (χ0n) is 47.3. The second-order valence-corrected chi connectivity index (χ2v) is 27.0. The number of nitrogens with two attached hydrogens (primary N) is 1. The number of sulfonamides is 2. The van der Waals surface area contributed by atoms with Crippen LogP contribution in [-0.2, 0) is 64.7 Å². The third-order valence-electron chi connectivity index (χ3n) is 12.5. The Labute approximate surface area is 568 Å². The Balaban J connectivity index is 0.00000121. The van der Waals surface area contributed by atoms with E-state index < -0.39 is 47.4 Å².